The number of fused-ring (bicyclic) bond motifs is 1. The Morgan fingerprint density at radius 1 is 1.19 bits per heavy atom. The van der Waals surface area contributed by atoms with E-state index in [1.807, 2.05) is 25.1 Å². The van der Waals surface area contributed by atoms with Gasteiger partial charge in [0.05, 0.1) is 5.69 Å². The highest BCUT2D eigenvalue weighted by atomic mass is 79.9. The van der Waals surface area contributed by atoms with Gasteiger partial charge < -0.3 is 5.32 Å². The molecule has 1 N–H and O–H groups in total. The lowest BCUT2D eigenvalue weighted by Crippen LogP contribution is -2.28. The molecule has 1 unspecified atom stereocenters. The van der Waals surface area contributed by atoms with Gasteiger partial charge in [-0.25, -0.2) is 0 Å². The van der Waals surface area contributed by atoms with Crippen LogP contribution in [0.3, 0.4) is 0 Å². The second kappa shape index (κ2) is 6.02. The van der Waals surface area contributed by atoms with E-state index in [0.29, 0.717) is 0 Å². The molecule has 0 saturated carbocycles. The largest absolute Gasteiger partial charge is 0.325 e. The predicted octanol–water partition coefficient (Wildman–Crippen LogP) is 4.50. The highest BCUT2D eigenvalue weighted by molar-refractivity contribution is 9.10. The smallest absolute Gasteiger partial charge is 0.227 e. The van der Waals surface area contributed by atoms with Crippen molar-refractivity contribution < 1.29 is 4.79 Å². The molecule has 2 aromatic rings. The van der Waals surface area contributed by atoms with Gasteiger partial charge in [-0.3, -0.25) is 4.79 Å². The number of hydrogen-bond donors (Lipinski definition) is 1. The summed E-state index contributed by atoms with van der Waals surface area (Å²) in [6.07, 6.45) is 2.75. The van der Waals surface area contributed by atoms with Gasteiger partial charge in [0.25, 0.3) is 0 Å². The normalized spacial score (nSPS) is 17.1. The molecule has 1 amide bonds. The lowest BCUT2D eigenvalue weighted by molar-refractivity contribution is -0.120. The van der Waals surface area contributed by atoms with Crippen molar-refractivity contribution in [1.29, 1.82) is 0 Å². The third-order valence-corrected chi connectivity index (χ3v) is 4.79. The van der Waals surface area contributed by atoms with Crippen LogP contribution in [-0.4, -0.2) is 5.91 Å². The summed E-state index contributed by atoms with van der Waals surface area (Å²) in [5.74, 6) is 0.183. The fourth-order valence-corrected chi connectivity index (χ4v) is 3.24. The Balaban J connectivity index is 1.74. The summed E-state index contributed by atoms with van der Waals surface area (Å²) in [4.78, 5) is 12.5. The van der Waals surface area contributed by atoms with E-state index in [9.17, 15) is 4.79 Å². The van der Waals surface area contributed by atoms with Crippen molar-refractivity contribution in [2.24, 2.45) is 5.92 Å². The Bertz CT molecular complexity index is 681. The number of anilines is 1. The maximum Gasteiger partial charge on any atom is 0.227 e. The van der Waals surface area contributed by atoms with Crippen LogP contribution in [0, 0.1) is 12.8 Å². The summed E-state index contributed by atoms with van der Waals surface area (Å²) in [6, 6.07) is 14.4. The molecule has 3 heteroatoms. The van der Waals surface area contributed by atoms with Crippen LogP contribution in [0.4, 0.5) is 5.69 Å². The summed E-state index contributed by atoms with van der Waals surface area (Å²) in [6.45, 7) is 2.03. The highest BCUT2D eigenvalue weighted by Gasteiger charge is 2.24. The molecule has 1 aliphatic rings. The van der Waals surface area contributed by atoms with E-state index in [0.717, 1.165) is 35.0 Å². The zero-order chi connectivity index (χ0) is 14.8. The minimum Gasteiger partial charge on any atom is -0.325 e. The van der Waals surface area contributed by atoms with Gasteiger partial charge in [0.2, 0.25) is 5.91 Å². The van der Waals surface area contributed by atoms with E-state index >= 15 is 0 Å². The van der Waals surface area contributed by atoms with Crippen molar-refractivity contribution in [2.75, 3.05) is 5.32 Å². The highest BCUT2D eigenvalue weighted by Crippen LogP contribution is 2.28. The summed E-state index contributed by atoms with van der Waals surface area (Å²) in [7, 11) is 0. The first-order valence-corrected chi connectivity index (χ1v) is 8.06. The number of hydrogen-bond acceptors (Lipinski definition) is 1. The summed E-state index contributed by atoms with van der Waals surface area (Å²) < 4.78 is 0.928. The number of nitrogens with one attached hydrogen (secondary N) is 1. The van der Waals surface area contributed by atoms with Gasteiger partial charge >= 0.3 is 0 Å². The number of rotatable bonds is 2. The molecule has 0 aromatic heterocycles. The minimum absolute atomic E-state index is 0.0623. The van der Waals surface area contributed by atoms with Gasteiger partial charge in [0, 0.05) is 10.4 Å². The lowest BCUT2D eigenvalue weighted by Gasteiger charge is -2.24. The van der Waals surface area contributed by atoms with E-state index in [1.54, 1.807) is 0 Å². The number of halogens is 1. The minimum atomic E-state index is 0.0623. The summed E-state index contributed by atoms with van der Waals surface area (Å²) >= 11 is 3.49. The van der Waals surface area contributed by atoms with Crippen molar-refractivity contribution in [3.05, 3.63) is 63.6 Å². The van der Waals surface area contributed by atoms with E-state index < -0.39 is 0 Å². The van der Waals surface area contributed by atoms with Crippen molar-refractivity contribution in [3.8, 4) is 0 Å². The average molecular weight is 344 g/mol. The molecule has 0 spiro atoms. The zero-order valence-electron chi connectivity index (χ0n) is 12.0. The van der Waals surface area contributed by atoms with Crippen molar-refractivity contribution in [1.82, 2.24) is 0 Å². The molecule has 0 radical (unpaired) electrons. The van der Waals surface area contributed by atoms with Crippen LogP contribution >= 0.6 is 15.9 Å². The van der Waals surface area contributed by atoms with E-state index in [1.165, 1.54) is 11.1 Å². The van der Waals surface area contributed by atoms with Crippen molar-refractivity contribution in [2.45, 2.75) is 26.2 Å². The molecule has 21 heavy (non-hydrogen) atoms. The van der Waals surface area contributed by atoms with E-state index in [4.69, 9.17) is 0 Å². The van der Waals surface area contributed by atoms with Gasteiger partial charge in [0.1, 0.15) is 0 Å². The zero-order valence-corrected chi connectivity index (χ0v) is 13.6. The maximum absolute atomic E-state index is 12.5. The van der Waals surface area contributed by atoms with Crippen LogP contribution in [0.2, 0.25) is 0 Å². The molecular weight excluding hydrogens is 326 g/mol. The number of amides is 1. The Morgan fingerprint density at radius 2 is 1.95 bits per heavy atom. The molecular formula is C18H18BrNO. The predicted molar refractivity (Wildman–Crippen MR) is 89.5 cm³/mol. The Morgan fingerprint density at radius 3 is 2.76 bits per heavy atom. The van der Waals surface area contributed by atoms with Gasteiger partial charge in [-0.1, -0.05) is 30.3 Å². The second-order valence-electron chi connectivity index (χ2n) is 5.68. The van der Waals surface area contributed by atoms with Gasteiger partial charge in [-0.15, -0.1) is 0 Å². The van der Waals surface area contributed by atoms with Gasteiger partial charge in [-0.2, -0.15) is 0 Å². The van der Waals surface area contributed by atoms with E-state index in [-0.39, 0.29) is 11.8 Å². The standard InChI is InChI=1S/C18H18BrNO/c1-12-6-9-16(19)17(10-12)20-18(21)15-8-7-13-4-2-3-5-14(13)11-15/h2-6,9-10,15H,7-8,11H2,1H3,(H,20,21). The van der Waals surface area contributed by atoms with Gasteiger partial charge in [0.15, 0.2) is 0 Å². The molecule has 1 atom stereocenters. The topological polar surface area (TPSA) is 29.1 Å². The third-order valence-electron chi connectivity index (χ3n) is 4.10. The van der Waals surface area contributed by atoms with Crippen molar-refractivity contribution >= 4 is 27.5 Å². The van der Waals surface area contributed by atoms with Crippen LogP contribution in [0.15, 0.2) is 46.9 Å². The number of aryl methyl sites for hydroxylation is 2. The Hall–Kier alpha value is -1.61. The van der Waals surface area contributed by atoms with E-state index in [2.05, 4.69) is 45.5 Å². The molecule has 2 nitrogen and oxygen atoms in total. The Labute approximate surface area is 133 Å². The first-order valence-electron chi connectivity index (χ1n) is 7.27. The summed E-state index contributed by atoms with van der Waals surface area (Å²) in [5, 5.41) is 3.07. The van der Waals surface area contributed by atoms with Crippen LogP contribution in [0.1, 0.15) is 23.1 Å². The average Bonchev–Trinajstić information content (AvgIpc) is 2.50. The van der Waals surface area contributed by atoms with Crippen LogP contribution in [0.25, 0.3) is 0 Å². The maximum atomic E-state index is 12.5. The molecule has 2 aromatic carbocycles. The summed E-state index contributed by atoms with van der Waals surface area (Å²) in [5.41, 5.74) is 4.70. The Kier molecular flexibility index (Phi) is 4.11. The first-order chi connectivity index (χ1) is 10.1. The lowest BCUT2D eigenvalue weighted by atomic mass is 9.83. The fraction of sp³-hybridized carbons (Fsp3) is 0.278. The van der Waals surface area contributed by atoms with Crippen LogP contribution in [-0.2, 0) is 17.6 Å². The molecule has 0 saturated heterocycles. The molecule has 0 fully saturated rings. The molecule has 0 aliphatic heterocycles. The quantitative estimate of drug-likeness (QED) is 0.854. The monoisotopic (exact) mass is 343 g/mol. The number of benzene rings is 2. The first kappa shape index (κ1) is 14.3. The van der Waals surface area contributed by atoms with Crippen LogP contribution in [0.5, 0.6) is 0 Å². The van der Waals surface area contributed by atoms with Crippen molar-refractivity contribution in [3.63, 3.8) is 0 Å². The molecule has 108 valence electrons. The number of carbonyl (C=O) groups is 1. The second-order valence-corrected chi connectivity index (χ2v) is 6.54. The molecule has 1 aliphatic carbocycles. The molecule has 0 bridgehead atoms. The van der Waals surface area contributed by atoms with Gasteiger partial charge in [-0.05, 0) is 70.9 Å². The molecule has 0 heterocycles. The van der Waals surface area contributed by atoms with Crippen LogP contribution < -0.4 is 5.32 Å². The number of carbonyl (C=O) groups excluding carboxylic acids is 1. The molecule has 3 rings (SSSR count). The fourth-order valence-electron chi connectivity index (χ4n) is 2.89. The SMILES string of the molecule is Cc1ccc(Br)c(NC(=O)C2CCc3ccccc3C2)c1. The third kappa shape index (κ3) is 3.18.